The third kappa shape index (κ3) is 4.07. The third-order valence-corrected chi connectivity index (χ3v) is 2.54. The van der Waals surface area contributed by atoms with Crippen molar-refractivity contribution in [2.24, 2.45) is 11.7 Å². The van der Waals surface area contributed by atoms with Crippen molar-refractivity contribution >= 4 is 0 Å². The Hall–Kier alpha value is -0.0800. The summed E-state index contributed by atoms with van der Waals surface area (Å²) in [5.74, 6) is 1.06. The van der Waals surface area contributed by atoms with E-state index in [-0.39, 0.29) is 0 Å². The van der Waals surface area contributed by atoms with Crippen LogP contribution in [-0.4, -0.2) is 31.1 Å². The molecule has 0 bridgehead atoms. The van der Waals surface area contributed by atoms with Crippen molar-refractivity contribution in [2.75, 3.05) is 26.2 Å². The molecule has 2 heteroatoms. The Morgan fingerprint density at radius 1 is 1.25 bits per heavy atom. The van der Waals surface area contributed by atoms with Gasteiger partial charge in [0.1, 0.15) is 0 Å². The molecule has 0 aromatic carbocycles. The monoisotopic (exact) mass is 170 g/mol. The van der Waals surface area contributed by atoms with Gasteiger partial charge in [-0.1, -0.05) is 19.8 Å². The topological polar surface area (TPSA) is 29.3 Å². The largest absolute Gasteiger partial charge is 0.329 e. The molecule has 0 saturated heterocycles. The lowest BCUT2D eigenvalue weighted by atomic mass is 10.2. The van der Waals surface area contributed by atoms with Gasteiger partial charge in [0, 0.05) is 13.1 Å². The van der Waals surface area contributed by atoms with Crippen LogP contribution >= 0.6 is 0 Å². The van der Waals surface area contributed by atoms with Crippen molar-refractivity contribution in [3.8, 4) is 0 Å². The molecule has 0 aliphatic heterocycles. The van der Waals surface area contributed by atoms with E-state index in [1.165, 1.54) is 38.8 Å². The highest BCUT2D eigenvalue weighted by Gasteiger charge is 2.21. The highest BCUT2D eigenvalue weighted by atomic mass is 15.1. The van der Waals surface area contributed by atoms with Crippen LogP contribution in [0.5, 0.6) is 0 Å². The van der Waals surface area contributed by atoms with Crippen molar-refractivity contribution in [1.29, 1.82) is 0 Å². The van der Waals surface area contributed by atoms with Gasteiger partial charge in [-0.25, -0.2) is 0 Å². The van der Waals surface area contributed by atoms with Crippen LogP contribution in [-0.2, 0) is 0 Å². The Bertz CT molecular complexity index is 104. The summed E-state index contributed by atoms with van der Waals surface area (Å²) in [7, 11) is 0. The molecule has 1 saturated carbocycles. The van der Waals surface area contributed by atoms with Gasteiger partial charge >= 0.3 is 0 Å². The van der Waals surface area contributed by atoms with Crippen LogP contribution in [0.2, 0.25) is 0 Å². The van der Waals surface area contributed by atoms with Gasteiger partial charge in [0.15, 0.2) is 0 Å². The van der Waals surface area contributed by atoms with Crippen molar-refractivity contribution < 1.29 is 0 Å². The smallest absolute Gasteiger partial charge is 0.0105 e. The third-order valence-electron chi connectivity index (χ3n) is 2.54. The first-order valence-electron chi connectivity index (χ1n) is 5.29. The van der Waals surface area contributed by atoms with Gasteiger partial charge < -0.3 is 10.6 Å². The molecule has 1 rings (SSSR count). The fraction of sp³-hybridized carbons (Fsp3) is 1.00. The average molecular weight is 170 g/mol. The molecule has 72 valence electrons. The van der Waals surface area contributed by atoms with E-state index in [1.807, 2.05) is 0 Å². The Morgan fingerprint density at radius 2 is 2.00 bits per heavy atom. The van der Waals surface area contributed by atoms with Crippen LogP contribution in [0, 0.1) is 5.92 Å². The first kappa shape index (κ1) is 10.0. The second kappa shape index (κ2) is 5.55. The molecule has 12 heavy (non-hydrogen) atoms. The summed E-state index contributed by atoms with van der Waals surface area (Å²) < 4.78 is 0. The fourth-order valence-electron chi connectivity index (χ4n) is 1.61. The Morgan fingerprint density at radius 3 is 2.50 bits per heavy atom. The highest BCUT2D eigenvalue weighted by molar-refractivity contribution is 4.74. The second-order valence-electron chi connectivity index (χ2n) is 3.86. The van der Waals surface area contributed by atoms with Crippen molar-refractivity contribution in [1.82, 2.24) is 4.90 Å². The summed E-state index contributed by atoms with van der Waals surface area (Å²) in [4.78, 5) is 2.50. The number of hydrogen-bond acceptors (Lipinski definition) is 2. The zero-order valence-corrected chi connectivity index (χ0v) is 8.26. The lowest BCUT2D eigenvalue weighted by Crippen LogP contribution is -2.31. The predicted octanol–water partition coefficient (Wildman–Crippen LogP) is 1.46. The standard InChI is InChI=1S/C10H22N2/c1-2-7-12(9-6-11)8-5-10-3-4-10/h10H,2-9,11H2,1H3. The van der Waals surface area contributed by atoms with Crippen molar-refractivity contribution in [2.45, 2.75) is 32.6 Å². The van der Waals surface area contributed by atoms with Crippen molar-refractivity contribution in [3.63, 3.8) is 0 Å². The minimum absolute atomic E-state index is 0.810. The molecule has 1 fully saturated rings. The van der Waals surface area contributed by atoms with Crippen LogP contribution in [0.4, 0.5) is 0 Å². The van der Waals surface area contributed by atoms with Gasteiger partial charge in [0.25, 0.3) is 0 Å². The molecule has 0 aromatic heterocycles. The summed E-state index contributed by atoms with van der Waals surface area (Å²) in [6.07, 6.45) is 5.61. The van der Waals surface area contributed by atoms with E-state index >= 15 is 0 Å². The van der Waals surface area contributed by atoms with Crippen molar-refractivity contribution in [3.05, 3.63) is 0 Å². The summed E-state index contributed by atoms with van der Waals surface area (Å²) >= 11 is 0. The number of nitrogens with two attached hydrogens (primary N) is 1. The Kier molecular flexibility index (Phi) is 4.62. The molecule has 2 nitrogen and oxygen atoms in total. The summed E-state index contributed by atoms with van der Waals surface area (Å²) in [6.45, 7) is 6.63. The number of nitrogens with zero attached hydrogens (tertiary/aromatic N) is 1. The molecule has 0 amide bonds. The zero-order chi connectivity index (χ0) is 8.81. The summed E-state index contributed by atoms with van der Waals surface area (Å²) in [5.41, 5.74) is 5.54. The van der Waals surface area contributed by atoms with E-state index in [0.29, 0.717) is 0 Å². The Balaban J connectivity index is 2.03. The van der Waals surface area contributed by atoms with Gasteiger partial charge in [0.2, 0.25) is 0 Å². The summed E-state index contributed by atoms with van der Waals surface area (Å²) in [5, 5.41) is 0. The van der Waals surface area contributed by atoms with Gasteiger partial charge in [-0.15, -0.1) is 0 Å². The molecule has 1 aliphatic rings. The van der Waals surface area contributed by atoms with Crippen LogP contribution in [0.25, 0.3) is 0 Å². The van der Waals surface area contributed by atoms with E-state index in [4.69, 9.17) is 5.73 Å². The predicted molar refractivity (Wildman–Crippen MR) is 53.1 cm³/mol. The maximum absolute atomic E-state index is 5.54. The van der Waals surface area contributed by atoms with Gasteiger partial charge in [-0.3, -0.25) is 0 Å². The molecule has 0 unspecified atom stereocenters. The minimum atomic E-state index is 0.810. The van der Waals surface area contributed by atoms with Gasteiger partial charge in [-0.05, 0) is 31.8 Å². The number of rotatable bonds is 7. The zero-order valence-electron chi connectivity index (χ0n) is 8.26. The lowest BCUT2D eigenvalue weighted by molar-refractivity contribution is 0.273. The molecule has 0 radical (unpaired) electrons. The molecule has 0 atom stereocenters. The first-order chi connectivity index (χ1) is 5.86. The molecule has 0 heterocycles. The van der Waals surface area contributed by atoms with Crippen LogP contribution in [0.3, 0.4) is 0 Å². The molecule has 0 aromatic rings. The van der Waals surface area contributed by atoms with Crippen LogP contribution in [0.15, 0.2) is 0 Å². The van der Waals surface area contributed by atoms with Gasteiger partial charge in [-0.2, -0.15) is 0 Å². The van der Waals surface area contributed by atoms with E-state index in [9.17, 15) is 0 Å². The molecule has 0 spiro atoms. The molecular weight excluding hydrogens is 148 g/mol. The SMILES string of the molecule is CCCN(CCN)CCC1CC1. The molecular formula is C10H22N2. The second-order valence-corrected chi connectivity index (χ2v) is 3.86. The lowest BCUT2D eigenvalue weighted by Gasteiger charge is -2.20. The maximum Gasteiger partial charge on any atom is 0.0105 e. The maximum atomic E-state index is 5.54. The average Bonchev–Trinajstić information content (AvgIpc) is 2.84. The van der Waals surface area contributed by atoms with Gasteiger partial charge in [0.05, 0.1) is 0 Å². The highest BCUT2D eigenvalue weighted by Crippen LogP contribution is 2.32. The molecule has 2 N–H and O–H groups in total. The quantitative estimate of drug-likeness (QED) is 0.626. The van der Waals surface area contributed by atoms with E-state index < -0.39 is 0 Å². The fourth-order valence-corrected chi connectivity index (χ4v) is 1.61. The molecule has 1 aliphatic carbocycles. The minimum Gasteiger partial charge on any atom is -0.329 e. The first-order valence-corrected chi connectivity index (χ1v) is 5.29. The van der Waals surface area contributed by atoms with Crippen LogP contribution in [0.1, 0.15) is 32.6 Å². The van der Waals surface area contributed by atoms with E-state index in [0.717, 1.165) is 19.0 Å². The van der Waals surface area contributed by atoms with E-state index in [1.54, 1.807) is 0 Å². The van der Waals surface area contributed by atoms with E-state index in [2.05, 4.69) is 11.8 Å². The number of hydrogen-bond donors (Lipinski definition) is 1. The Labute approximate surface area is 76.1 Å². The van der Waals surface area contributed by atoms with Crippen LogP contribution < -0.4 is 5.73 Å². The summed E-state index contributed by atoms with van der Waals surface area (Å²) in [6, 6.07) is 0. The normalized spacial score (nSPS) is 17.2.